The molecule has 39 heavy (non-hydrogen) atoms. The number of likely N-dealkylation sites (N-methyl/N-ethyl adjacent to an activating group) is 1. The Kier molecular flexibility index (Phi) is 30.5. The topological polar surface area (TPSA) is 45.5 Å². The van der Waals surface area contributed by atoms with Gasteiger partial charge in [-0.3, -0.25) is 4.39 Å². The number of terminal acetylenes is 1. The molecule has 1 aliphatic heterocycles. The Morgan fingerprint density at radius 3 is 2.13 bits per heavy atom. The average molecular weight is 562 g/mol. The van der Waals surface area contributed by atoms with Gasteiger partial charge in [-0.05, 0) is 57.9 Å². The number of nitrogens with zero attached hydrogens (tertiary/aromatic N) is 1. The van der Waals surface area contributed by atoms with Crippen molar-refractivity contribution >= 4 is 23.1 Å². The van der Waals surface area contributed by atoms with E-state index in [1.54, 1.807) is 25.8 Å². The van der Waals surface area contributed by atoms with Gasteiger partial charge in [0.2, 0.25) is 0 Å². The van der Waals surface area contributed by atoms with Gasteiger partial charge in [-0.25, -0.2) is 0 Å². The van der Waals surface area contributed by atoms with Crippen molar-refractivity contribution in [3.8, 4) is 12.3 Å². The molecule has 0 amide bonds. The molecule has 1 aromatic carbocycles. The van der Waals surface area contributed by atoms with Crippen LogP contribution in [0.3, 0.4) is 0 Å². The van der Waals surface area contributed by atoms with Gasteiger partial charge in [0.15, 0.2) is 12.5 Å². The Balaban J connectivity index is -0.000000552. The predicted octanol–water partition coefficient (Wildman–Crippen LogP) is 8.34. The second-order valence-corrected chi connectivity index (χ2v) is 8.33. The Morgan fingerprint density at radius 2 is 1.74 bits per heavy atom. The molecule has 0 spiro atoms. The van der Waals surface area contributed by atoms with Crippen LogP contribution in [0, 0.1) is 12.3 Å². The Hall–Kier alpha value is -3.08. The molecule has 0 unspecified atom stereocenters. The van der Waals surface area contributed by atoms with E-state index in [-0.39, 0.29) is 0 Å². The van der Waals surface area contributed by atoms with Crippen LogP contribution < -0.4 is 15.5 Å². The standard InChI is InChI=1S/C15H19NO2.C11H22N2S.C3H4.C2H4.CH3F/c1-4-8-15(14(5-2)17-3)18-11-16-12-9-6-7-10-13(12)16;1-5-6-10(8-12-2)7-11(14-4)9-13-3;1-3-2;2*1-2/h4,6-10H,5,11H2,1-3H3;7,9,12-13H,5-6,8H2,1-4H3;1H,2H3;1-2H2;1H3/b8-4-,15-14-;10-7-,11-9+;;;. The van der Waals surface area contributed by atoms with Crippen molar-refractivity contribution in [2.45, 2.75) is 47.0 Å². The first-order valence-electron chi connectivity index (χ1n) is 12.9. The molecule has 1 aliphatic rings. The van der Waals surface area contributed by atoms with Crippen molar-refractivity contribution in [3.63, 3.8) is 0 Å². The predicted molar refractivity (Wildman–Crippen MR) is 174 cm³/mol. The fourth-order valence-electron chi connectivity index (χ4n) is 3.20. The number of methoxy groups -OCH3 is 1. The van der Waals surface area contributed by atoms with E-state index in [0.717, 1.165) is 24.5 Å². The van der Waals surface area contributed by atoms with Gasteiger partial charge in [-0.2, -0.15) is 0 Å². The van der Waals surface area contributed by atoms with E-state index in [9.17, 15) is 4.39 Å². The molecule has 0 fully saturated rings. The zero-order valence-electron chi connectivity index (χ0n) is 25.7. The minimum Gasteiger partial charge on any atom is -0.497 e. The van der Waals surface area contributed by atoms with E-state index >= 15 is 0 Å². The van der Waals surface area contributed by atoms with Crippen LogP contribution in [0.4, 0.5) is 15.8 Å². The first kappa shape index (κ1) is 40.4. The van der Waals surface area contributed by atoms with Crippen molar-refractivity contribution in [3.05, 3.63) is 83.8 Å². The van der Waals surface area contributed by atoms with Crippen LogP contribution in [0.2, 0.25) is 0 Å². The summed E-state index contributed by atoms with van der Waals surface area (Å²) in [4.78, 5) is 3.41. The smallest absolute Gasteiger partial charge is 0.166 e. The summed E-state index contributed by atoms with van der Waals surface area (Å²) < 4.78 is 20.7. The highest BCUT2D eigenvalue weighted by atomic mass is 32.2. The van der Waals surface area contributed by atoms with E-state index in [1.807, 2.05) is 51.5 Å². The molecular weight excluding hydrogens is 509 g/mol. The Labute approximate surface area is 243 Å². The quantitative estimate of drug-likeness (QED) is 0.0830. The van der Waals surface area contributed by atoms with Crippen molar-refractivity contribution < 1.29 is 13.9 Å². The summed E-state index contributed by atoms with van der Waals surface area (Å²) in [5.41, 5.74) is 3.95. The molecule has 1 heterocycles. The molecule has 0 saturated carbocycles. The third-order valence-corrected chi connectivity index (χ3v) is 5.47. The lowest BCUT2D eigenvalue weighted by Gasteiger charge is -2.12. The molecule has 5 nitrogen and oxygen atoms in total. The summed E-state index contributed by atoms with van der Waals surface area (Å²) >= 11 is 1.77. The molecule has 0 saturated heterocycles. The van der Waals surface area contributed by atoms with E-state index < -0.39 is 0 Å². The van der Waals surface area contributed by atoms with Crippen LogP contribution >= 0.6 is 11.8 Å². The fourth-order valence-corrected chi connectivity index (χ4v) is 3.72. The van der Waals surface area contributed by atoms with Gasteiger partial charge < -0.3 is 25.0 Å². The Bertz CT molecular complexity index is 868. The number of fused-ring (bicyclic) bond motifs is 1. The number of hydrogen-bond acceptors (Lipinski definition) is 6. The van der Waals surface area contributed by atoms with Crippen LogP contribution in [0.15, 0.2) is 83.8 Å². The molecule has 0 aromatic heterocycles. The summed E-state index contributed by atoms with van der Waals surface area (Å²) in [7, 11) is 6.10. The fraction of sp³-hybridized carbons (Fsp3) is 0.438. The number of rotatable bonds is 13. The van der Waals surface area contributed by atoms with Gasteiger partial charge in [0.05, 0.1) is 25.7 Å². The molecule has 7 heteroatoms. The lowest BCUT2D eigenvalue weighted by molar-refractivity contribution is 0.191. The lowest BCUT2D eigenvalue weighted by atomic mass is 10.1. The second-order valence-electron chi connectivity index (χ2n) is 7.45. The highest BCUT2D eigenvalue weighted by Gasteiger charge is 2.28. The average Bonchev–Trinajstić information content (AvgIpc) is 3.68. The van der Waals surface area contributed by atoms with E-state index in [0.29, 0.717) is 13.9 Å². The number of ether oxygens (including phenoxy) is 2. The summed E-state index contributed by atoms with van der Waals surface area (Å²) in [6, 6.07) is 8.26. The molecule has 0 aliphatic carbocycles. The van der Waals surface area contributed by atoms with Crippen molar-refractivity contribution in [1.82, 2.24) is 10.6 Å². The maximum atomic E-state index is 9.50. The minimum absolute atomic E-state index is 0.500. The zero-order chi connectivity index (χ0) is 30.5. The van der Waals surface area contributed by atoms with Crippen molar-refractivity contribution in [2.24, 2.45) is 0 Å². The highest BCUT2D eigenvalue weighted by molar-refractivity contribution is 8.02. The third-order valence-electron chi connectivity index (χ3n) is 4.77. The molecule has 220 valence electrons. The molecule has 2 N–H and O–H groups in total. The van der Waals surface area contributed by atoms with Crippen LogP contribution in [0.5, 0.6) is 0 Å². The number of anilines is 2. The molecule has 0 atom stereocenters. The molecule has 2 rings (SSSR count). The van der Waals surface area contributed by atoms with Gasteiger partial charge in [0.25, 0.3) is 0 Å². The van der Waals surface area contributed by atoms with Crippen LogP contribution in [-0.2, 0) is 9.47 Å². The number of alkyl halides is 1. The summed E-state index contributed by atoms with van der Waals surface area (Å²) in [5.74, 6) is 3.93. The van der Waals surface area contributed by atoms with E-state index in [1.165, 1.54) is 34.7 Å². The number of nitrogens with one attached hydrogen (secondary N) is 2. The zero-order valence-corrected chi connectivity index (χ0v) is 26.5. The van der Waals surface area contributed by atoms with Gasteiger partial charge in [0, 0.05) is 31.1 Å². The number of thioether (sulfide) groups is 1. The van der Waals surface area contributed by atoms with Gasteiger partial charge >= 0.3 is 0 Å². The van der Waals surface area contributed by atoms with Crippen LogP contribution in [0.25, 0.3) is 0 Å². The number of hydrogen-bond donors (Lipinski definition) is 2. The molecule has 0 radical (unpaired) electrons. The highest BCUT2D eigenvalue weighted by Crippen LogP contribution is 2.47. The van der Waals surface area contributed by atoms with Gasteiger partial charge in [-0.1, -0.05) is 44.1 Å². The first-order valence-corrected chi connectivity index (χ1v) is 14.1. The van der Waals surface area contributed by atoms with Crippen LogP contribution in [-0.4, -0.2) is 47.9 Å². The first-order chi connectivity index (χ1) is 19.0. The van der Waals surface area contributed by atoms with Gasteiger partial charge in [-0.15, -0.1) is 37.3 Å². The molecular formula is C32H52FN3O2S. The number of benzene rings is 1. The minimum atomic E-state index is 0.500. The maximum absolute atomic E-state index is 9.50. The van der Waals surface area contributed by atoms with E-state index in [2.05, 4.69) is 79.3 Å². The third kappa shape index (κ3) is 18.8. The van der Waals surface area contributed by atoms with Crippen molar-refractivity contribution in [1.29, 1.82) is 0 Å². The van der Waals surface area contributed by atoms with Gasteiger partial charge in [0.1, 0.15) is 5.76 Å². The SMILES string of the molecule is C#CC.C/C=C\C(OCN1c2ccccc21)=C(/CC)OC.C=C.CCC/C(=C/C(=C\NC)SC)CNC.CF. The largest absolute Gasteiger partial charge is 0.497 e. The molecule has 1 aromatic rings. The number of allylic oxidation sites excluding steroid dienone is 4. The van der Waals surface area contributed by atoms with Crippen molar-refractivity contribution in [2.75, 3.05) is 52.8 Å². The second kappa shape index (κ2) is 29.5. The number of halogens is 1. The summed E-state index contributed by atoms with van der Waals surface area (Å²) in [5, 5.41) is 6.26. The van der Waals surface area contributed by atoms with Crippen LogP contribution in [0.1, 0.15) is 47.0 Å². The number of para-hydroxylation sites is 2. The summed E-state index contributed by atoms with van der Waals surface area (Å²) in [6.07, 6.45) is 18.1. The summed E-state index contributed by atoms with van der Waals surface area (Å²) in [6.45, 7) is 15.4. The molecule has 0 bridgehead atoms. The lowest BCUT2D eigenvalue weighted by Crippen LogP contribution is -2.10. The maximum Gasteiger partial charge on any atom is 0.166 e. The van der Waals surface area contributed by atoms with E-state index in [4.69, 9.17) is 9.47 Å². The normalized spacial score (nSPS) is 11.8. The monoisotopic (exact) mass is 561 g/mol. The Morgan fingerprint density at radius 1 is 1.18 bits per heavy atom.